The van der Waals surface area contributed by atoms with Crippen LogP contribution in [0, 0.1) is 12.3 Å². The molecule has 0 radical (unpaired) electrons. The number of aromatic nitrogens is 2. The van der Waals surface area contributed by atoms with Gasteiger partial charge in [-0.05, 0) is 49.4 Å². The molecule has 0 saturated heterocycles. The number of hydrogen-bond acceptors (Lipinski definition) is 4. The van der Waals surface area contributed by atoms with Crippen molar-refractivity contribution in [2.45, 2.75) is 46.6 Å². The fourth-order valence-electron chi connectivity index (χ4n) is 4.41. The minimum Gasteiger partial charge on any atom is -0.378 e. The summed E-state index contributed by atoms with van der Waals surface area (Å²) in [5.74, 6) is -0.357. The second-order valence-electron chi connectivity index (χ2n) is 9.13. The van der Waals surface area contributed by atoms with E-state index >= 15 is 0 Å². The molecule has 0 saturated carbocycles. The second kappa shape index (κ2) is 7.69. The predicted octanol–water partition coefficient (Wildman–Crippen LogP) is 4.61. The van der Waals surface area contributed by atoms with Crippen molar-refractivity contribution in [3.63, 3.8) is 0 Å². The zero-order chi connectivity index (χ0) is 22.3. The van der Waals surface area contributed by atoms with Gasteiger partial charge in [-0.15, -0.1) is 0 Å². The zero-order valence-corrected chi connectivity index (χ0v) is 18.4. The lowest BCUT2D eigenvalue weighted by molar-refractivity contribution is 0.0909. The molecule has 0 aliphatic heterocycles. The highest BCUT2D eigenvalue weighted by molar-refractivity contribution is 6.00. The number of benzene rings is 2. The number of nitrogens with zero attached hydrogens (tertiary/aromatic N) is 2. The maximum absolute atomic E-state index is 12.8. The Kier molecular flexibility index (Phi) is 5.17. The van der Waals surface area contributed by atoms with Crippen LogP contribution in [-0.2, 0) is 6.42 Å². The van der Waals surface area contributed by atoms with Crippen LogP contribution in [0.4, 0.5) is 5.69 Å². The molecule has 1 amide bonds. The van der Waals surface area contributed by atoms with Crippen molar-refractivity contribution < 1.29 is 9.59 Å². The number of anilines is 1. The largest absolute Gasteiger partial charge is 0.378 e. The summed E-state index contributed by atoms with van der Waals surface area (Å²) in [5, 5.41) is 8.10. The number of nitrogens with one attached hydrogen (secondary N) is 1. The number of ketones is 1. The molecule has 6 heteroatoms. The van der Waals surface area contributed by atoms with E-state index in [2.05, 4.69) is 24.3 Å². The van der Waals surface area contributed by atoms with E-state index in [1.54, 1.807) is 6.07 Å². The molecule has 0 bridgehead atoms. The van der Waals surface area contributed by atoms with Gasteiger partial charge in [-0.2, -0.15) is 5.10 Å². The van der Waals surface area contributed by atoms with Crippen LogP contribution in [0.15, 0.2) is 48.5 Å². The lowest BCUT2D eigenvalue weighted by Gasteiger charge is -2.29. The van der Waals surface area contributed by atoms with E-state index in [4.69, 9.17) is 5.73 Å². The molecule has 1 aromatic heterocycles. The van der Waals surface area contributed by atoms with Crippen molar-refractivity contribution in [2.75, 3.05) is 5.32 Å². The van der Waals surface area contributed by atoms with Crippen LogP contribution in [0.1, 0.15) is 70.9 Å². The summed E-state index contributed by atoms with van der Waals surface area (Å²) in [5.41, 5.74) is 10.9. The third kappa shape index (κ3) is 3.98. The number of amides is 1. The first-order valence-corrected chi connectivity index (χ1v) is 10.5. The summed E-state index contributed by atoms with van der Waals surface area (Å²) >= 11 is 0. The maximum Gasteiger partial charge on any atom is 0.250 e. The predicted molar refractivity (Wildman–Crippen MR) is 122 cm³/mol. The molecule has 2 aromatic carbocycles. The van der Waals surface area contributed by atoms with Gasteiger partial charge in [0, 0.05) is 18.2 Å². The van der Waals surface area contributed by atoms with Gasteiger partial charge in [-0.3, -0.25) is 9.59 Å². The highest BCUT2D eigenvalue weighted by Gasteiger charge is 2.35. The van der Waals surface area contributed by atoms with Gasteiger partial charge in [0.1, 0.15) is 0 Å². The topological polar surface area (TPSA) is 90.0 Å². The van der Waals surface area contributed by atoms with Crippen LogP contribution in [0.3, 0.4) is 0 Å². The average molecular weight is 417 g/mol. The van der Waals surface area contributed by atoms with E-state index in [0.717, 1.165) is 34.6 Å². The number of aryl methyl sites for hydroxylation is 1. The molecule has 1 aliphatic carbocycles. The molecule has 0 spiro atoms. The Hall–Kier alpha value is -3.41. The van der Waals surface area contributed by atoms with Crippen molar-refractivity contribution in [3.05, 3.63) is 76.6 Å². The number of Topliss-reactive ketones (excluding diaryl/α,β-unsaturated/α-hetero) is 1. The van der Waals surface area contributed by atoms with Gasteiger partial charge in [0.2, 0.25) is 0 Å². The number of carbonyl (C=O) groups excluding carboxylic acids is 2. The Labute approximate surface area is 182 Å². The lowest BCUT2D eigenvalue weighted by atomic mass is 9.75. The van der Waals surface area contributed by atoms with E-state index in [9.17, 15) is 9.59 Å². The molecule has 0 unspecified atom stereocenters. The quantitative estimate of drug-likeness (QED) is 0.636. The Morgan fingerprint density at radius 2 is 1.87 bits per heavy atom. The van der Waals surface area contributed by atoms with Gasteiger partial charge in [-0.1, -0.05) is 44.2 Å². The number of primary amides is 1. The van der Waals surface area contributed by atoms with Crippen LogP contribution in [0.5, 0.6) is 0 Å². The number of rotatable bonds is 5. The third-order valence-electron chi connectivity index (χ3n) is 5.90. The van der Waals surface area contributed by atoms with Crippen molar-refractivity contribution in [2.24, 2.45) is 11.1 Å². The van der Waals surface area contributed by atoms with Crippen LogP contribution in [-0.4, -0.2) is 21.5 Å². The lowest BCUT2D eigenvalue weighted by Crippen LogP contribution is -2.28. The van der Waals surface area contributed by atoms with Crippen molar-refractivity contribution >= 4 is 17.4 Å². The first kappa shape index (κ1) is 20.8. The van der Waals surface area contributed by atoms with Gasteiger partial charge in [0.15, 0.2) is 5.78 Å². The van der Waals surface area contributed by atoms with E-state index in [0.29, 0.717) is 17.7 Å². The van der Waals surface area contributed by atoms with Crippen LogP contribution in [0.2, 0.25) is 0 Å². The second-order valence-corrected chi connectivity index (χ2v) is 9.13. The van der Waals surface area contributed by atoms with E-state index < -0.39 is 5.91 Å². The Balaban J connectivity index is 1.78. The zero-order valence-electron chi connectivity index (χ0n) is 18.4. The SMILES string of the molecule is Cc1nn(-c2ccc(C(N)=O)c(N[C@H](C)c3ccccc3)c2)c2c1C(=O)CC(C)(C)C2. The highest BCUT2D eigenvalue weighted by Crippen LogP contribution is 2.37. The van der Waals surface area contributed by atoms with Crippen molar-refractivity contribution in [3.8, 4) is 5.69 Å². The fourth-order valence-corrected chi connectivity index (χ4v) is 4.41. The molecule has 4 rings (SSSR count). The molecule has 1 heterocycles. The van der Waals surface area contributed by atoms with Crippen LogP contribution >= 0.6 is 0 Å². The molecule has 0 fully saturated rings. The Bertz CT molecular complexity index is 1160. The minimum atomic E-state index is -0.496. The maximum atomic E-state index is 12.8. The number of carbonyl (C=O) groups is 2. The molecule has 3 aromatic rings. The fraction of sp³-hybridized carbons (Fsp3) is 0.320. The molecule has 6 nitrogen and oxygen atoms in total. The minimum absolute atomic E-state index is 0.0247. The molecule has 1 atom stereocenters. The van der Waals surface area contributed by atoms with Gasteiger partial charge in [-0.25, -0.2) is 4.68 Å². The molecular weight excluding hydrogens is 388 g/mol. The van der Waals surface area contributed by atoms with Crippen molar-refractivity contribution in [1.29, 1.82) is 0 Å². The monoisotopic (exact) mass is 416 g/mol. The van der Waals surface area contributed by atoms with E-state index in [-0.39, 0.29) is 17.2 Å². The van der Waals surface area contributed by atoms with Gasteiger partial charge < -0.3 is 11.1 Å². The average Bonchev–Trinajstić information content (AvgIpc) is 3.03. The summed E-state index contributed by atoms with van der Waals surface area (Å²) in [6.07, 6.45) is 1.28. The number of hydrogen-bond donors (Lipinski definition) is 2. The molecule has 3 N–H and O–H groups in total. The summed E-state index contributed by atoms with van der Waals surface area (Å²) in [6, 6.07) is 15.4. The van der Waals surface area contributed by atoms with Gasteiger partial charge in [0.25, 0.3) is 5.91 Å². The first-order valence-electron chi connectivity index (χ1n) is 10.5. The Morgan fingerprint density at radius 3 is 2.55 bits per heavy atom. The highest BCUT2D eigenvalue weighted by atomic mass is 16.1. The molecular formula is C25H28N4O2. The first-order chi connectivity index (χ1) is 14.7. The van der Waals surface area contributed by atoms with E-state index in [1.165, 1.54) is 0 Å². The van der Waals surface area contributed by atoms with Crippen LogP contribution < -0.4 is 11.1 Å². The summed E-state index contributed by atoms with van der Waals surface area (Å²) in [7, 11) is 0. The summed E-state index contributed by atoms with van der Waals surface area (Å²) in [6.45, 7) is 8.12. The van der Waals surface area contributed by atoms with Crippen LogP contribution in [0.25, 0.3) is 5.69 Å². The van der Waals surface area contributed by atoms with Gasteiger partial charge in [0.05, 0.1) is 28.2 Å². The third-order valence-corrected chi connectivity index (χ3v) is 5.90. The normalized spacial score (nSPS) is 15.9. The van der Waals surface area contributed by atoms with E-state index in [1.807, 2.05) is 61.0 Å². The Morgan fingerprint density at radius 1 is 1.16 bits per heavy atom. The number of nitrogens with two attached hydrogens (primary N) is 1. The molecule has 160 valence electrons. The smallest absolute Gasteiger partial charge is 0.250 e. The number of fused-ring (bicyclic) bond motifs is 1. The van der Waals surface area contributed by atoms with Gasteiger partial charge >= 0.3 is 0 Å². The molecule has 1 aliphatic rings. The summed E-state index contributed by atoms with van der Waals surface area (Å²) < 4.78 is 1.84. The standard InChI is InChI=1S/C25H28N4O2/c1-15(17-8-6-5-7-9-17)27-20-12-18(10-11-19(20)24(26)31)29-21-13-25(3,4)14-22(30)23(21)16(2)28-29/h5-12,15,27H,13-14H2,1-4H3,(H2,26,31)/t15-/m1/s1. The summed E-state index contributed by atoms with van der Waals surface area (Å²) in [4.78, 5) is 24.8. The van der Waals surface area contributed by atoms with Crippen molar-refractivity contribution in [1.82, 2.24) is 9.78 Å². The molecule has 31 heavy (non-hydrogen) atoms.